The van der Waals surface area contributed by atoms with Crippen molar-refractivity contribution in [2.24, 2.45) is 0 Å². The summed E-state index contributed by atoms with van der Waals surface area (Å²) in [4.78, 5) is 0. The van der Waals surface area contributed by atoms with Crippen molar-refractivity contribution >= 4 is 0 Å². The van der Waals surface area contributed by atoms with Gasteiger partial charge in [-0.15, -0.1) is 10.2 Å². The van der Waals surface area contributed by atoms with Gasteiger partial charge in [-0.3, -0.25) is 0 Å². The molecular formula is C12H13FN4. The Labute approximate surface area is 98.5 Å². The SMILES string of the molecule is Cc1nnc(-c2ccc(F)cc2)n1C1CNC1. The molecule has 0 radical (unpaired) electrons. The van der Waals surface area contributed by atoms with Crippen molar-refractivity contribution in [3.8, 4) is 11.4 Å². The molecule has 0 unspecified atom stereocenters. The van der Waals surface area contributed by atoms with E-state index in [1.165, 1.54) is 12.1 Å². The predicted octanol–water partition coefficient (Wildman–Crippen LogP) is 1.54. The highest BCUT2D eigenvalue weighted by Crippen LogP contribution is 2.24. The molecule has 5 heteroatoms. The third-order valence-electron chi connectivity index (χ3n) is 3.09. The minimum absolute atomic E-state index is 0.234. The zero-order valence-electron chi connectivity index (χ0n) is 9.52. The number of hydrogen-bond donors (Lipinski definition) is 1. The van der Waals surface area contributed by atoms with Gasteiger partial charge in [-0.05, 0) is 31.2 Å². The Bertz CT molecular complexity index is 528. The van der Waals surface area contributed by atoms with Crippen molar-refractivity contribution < 1.29 is 4.39 Å². The second-order valence-corrected chi connectivity index (χ2v) is 4.26. The van der Waals surface area contributed by atoms with Crippen LogP contribution < -0.4 is 5.32 Å². The van der Waals surface area contributed by atoms with Crippen LogP contribution in [0.25, 0.3) is 11.4 Å². The van der Waals surface area contributed by atoms with Crippen LogP contribution in [-0.2, 0) is 0 Å². The van der Waals surface area contributed by atoms with Gasteiger partial charge >= 0.3 is 0 Å². The molecule has 0 aliphatic carbocycles. The average molecular weight is 232 g/mol. The van der Waals surface area contributed by atoms with Gasteiger partial charge in [-0.1, -0.05) is 0 Å². The van der Waals surface area contributed by atoms with Crippen LogP contribution in [-0.4, -0.2) is 27.9 Å². The highest BCUT2D eigenvalue weighted by molar-refractivity contribution is 5.55. The van der Waals surface area contributed by atoms with Gasteiger partial charge < -0.3 is 9.88 Å². The van der Waals surface area contributed by atoms with Gasteiger partial charge in [0, 0.05) is 18.7 Å². The van der Waals surface area contributed by atoms with Crippen molar-refractivity contribution in [1.82, 2.24) is 20.1 Å². The van der Waals surface area contributed by atoms with E-state index in [2.05, 4.69) is 20.1 Å². The molecule has 0 spiro atoms. The van der Waals surface area contributed by atoms with Crippen LogP contribution in [0.3, 0.4) is 0 Å². The number of aryl methyl sites for hydroxylation is 1. The maximum absolute atomic E-state index is 12.9. The first-order chi connectivity index (χ1) is 8.25. The lowest BCUT2D eigenvalue weighted by Crippen LogP contribution is -2.44. The van der Waals surface area contributed by atoms with Crippen molar-refractivity contribution in [2.75, 3.05) is 13.1 Å². The Kier molecular flexibility index (Phi) is 2.40. The van der Waals surface area contributed by atoms with Crippen molar-refractivity contribution in [2.45, 2.75) is 13.0 Å². The lowest BCUT2D eigenvalue weighted by atomic mass is 10.1. The fourth-order valence-corrected chi connectivity index (χ4v) is 2.06. The Morgan fingerprint density at radius 3 is 2.53 bits per heavy atom. The molecule has 0 atom stereocenters. The van der Waals surface area contributed by atoms with Crippen LogP contribution in [0.2, 0.25) is 0 Å². The van der Waals surface area contributed by atoms with E-state index < -0.39 is 0 Å². The first kappa shape index (κ1) is 10.4. The third kappa shape index (κ3) is 1.72. The molecule has 3 rings (SSSR count). The van der Waals surface area contributed by atoms with E-state index in [0.717, 1.165) is 30.3 Å². The highest BCUT2D eigenvalue weighted by Gasteiger charge is 2.24. The van der Waals surface area contributed by atoms with E-state index in [-0.39, 0.29) is 5.82 Å². The van der Waals surface area contributed by atoms with Crippen LogP contribution in [0.4, 0.5) is 4.39 Å². The lowest BCUT2D eigenvalue weighted by Gasteiger charge is -2.30. The summed E-state index contributed by atoms with van der Waals surface area (Å²) in [6.45, 7) is 3.82. The van der Waals surface area contributed by atoms with Gasteiger partial charge in [0.05, 0.1) is 6.04 Å². The zero-order valence-corrected chi connectivity index (χ0v) is 9.52. The zero-order chi connectivity index (χ0) is 11.8. The summed E-state index contributed by atoms with van der Waals surface area (Å²) >= 11 is 0. The second kappa shape index (κ2) is 3.92. The van der Waals surface area contributed by atoms with E-state index in [1.54, 1.807) is 12.1 Å². The molecule has 1 aromatic heterocycles. The number of hydrogen-bond acceptors (Lipinski definition) is 3. The van der Waals surface area contributed by atoms with Crippen LogP contribution >= 0.6 is 0 Å². The molecule has 1 aliphatic rings. The number of nitrogens with zero attached hydrogens (tertiary/aromatic N) is 3. The number of rotatable bonds is 2. The quantitative estimate of drug-likeness (QED) is 0.854. The van der Waals surface area contributed by atoms with Crippen molar-refractivity contribution in [3.63, 3.8) is 0 Å². The van der Waals surface area contributed by atoms with E-state index >= 15 is 0 Å². The summed E-state index contributed by atoms with van der Waals surface area (Å²) in [5, 5.41) is 11.5. The van der Waals surface area contributed by atoms with Crippen LogP contribution in [0.1, 0.15) is 11.9 Å². The summed E-state index contributed by atoms with van der Waals surface area (Å²) in [6, 6.07) is 6.78. The second-order valence-electron chi connectivity index (χ2n) is 4.26. The van der Waals surface area contributed by atoms with Gasteiger partial charge in [0.15, 0.2) is 5.82 Å². The van der Waals surface area contributed by atoms with Gasteiger partial charge in [-0.2, -0.15) is 0 Å². The third-order valence-corrected chi connectivity index (χ3v) is 3.09. The molecule has 88 valence electrons. The Hall–Kier alpha value is -1.75. The van der Waals surface area contributed by atoms with E-state index in [0.29, 0.717) is 6.04 Å². The fraction of sp³-hybridized carbons (Fsp3) is 0.333. The molecule has 0 amide bonds. The largest absolute Gasteiger partial charge is 0.313 e. The van der Waals surface area contributed by atoms with Gasteiger partial charge in [0.25, 0.3) is 0 Å². The maximum atomic E-state index is 12.9. The average Bonchev–Trinajstić information content (AvgIpc) is 2.61. The predicted molar refractivity (Wildman–Crippen MR) is 62.1 cm³/mol. The molecule has 0 saturated carbocycles. The van der Waals surface area contributed by atoms with Crippen LogP contribution in [0, 0.1) is 12.7 Å². The Morgan fingerprint density at radius 1 is 1.24 bits per heavy atom. The number of nitrogens with one attached hydrogen (secondary N) is 1. The summed E-state index contributed by atoms with van der Waals surface area (Å²) in [5.74, 6) is 1.48. The molecule has 0 bridgehead atoms. The fourth-order valence-electron chi connectivity index (χ4n) is 2.06. The summed E-state index contributed by atoms with van der Waals surface area (Å²) in [5.41, 5.74) is 0.902. The summed E-state index contributed by atoms with van der Waals surface area (Å²) in [6.07, 6.45) is 0. The molecule has 1 fully saturated rings. The monoisotopic (exact) mass is 232 g/mol. The van der Waals surface area contributed by atoms with Crippen molar-refractivity contribution in [3.05, 3.63) is 35.9 Å². The van der Waals surface area contributed by atoms with E-state index in [4.69, 9.17) is 0 Å². The first-order valence-corrected chi connectivity index (χ1v) is 5.64. The van der Waals surface area contributed by atoms with Gasteiger partial charge in [0.2, 0.25) is 0 Å². The number of aromatic nitrogens is 3. The molecule has 4 nitrogen and oxygen atoms in total. The Morgan fingerprint density at radius 2 is 1.94 bits per heavy atom. The van der Waals surface area contributed by atoms with Gasteiger partial charge in [0.1, 0.15) is 11.6 Å². The molecule has 1 aliphatic heterocycles. The molecule has 1 saturated heterocycles. The van der Waals surface area contributed by atoms with Crippen LogP contribution in [0.15, 0.2) is 24.3 Å². The first-order valence-electron chi connectivity index (χ1n) is 5.64. The highest BCUT2D eigenvalue weighted by atomic mass is 19.1. The van der Waals surface area contributed by atoms with E-state index in [9.17, 15) is 4.39 Å². The number of halogens is 1. The standard InChI is InChI=1S/C12H13FN4/c1-8-15-16-12(17(8)11-6-14-7-11)9-2-4-10(13)5-3-9/h2-5,11,14H,6-7H2,1H3. The van der Waals surface area contributed by atoms with Crippen molar-refractivity contribution in [1.29, 1.82) is 0 Å². The topological polar surface area (TPSA) is 42.7 Å². The molecule has 17 heavy (non-hydrogen) atoms. The molecule has 2 heterocycles. The molecule has 1 N–H and O–H groups in total. The van der Waals surface area contributed by atoms with Crippen LogP contribution in [0.5, 0.6) is 0 Å². The normalized spacial score (nSPS) is 15.9. The Balaban J connectivity index is 2.05. The molecular weight excluding hydrogens is 219 g/mol. The lowest BCUT2D eigenvalue weighted by molar-refractivity contribution is 0.340. The minimum Gasteiger partial charge on any atom is -0.313 e. The minimum atomic E-state index is -0.234. The number of benzene rings is 1. The summed E-state index contributed by atoms with van der Waals surface area (Å²) < 4.78 is 15.0. The smallest absolute Gasteiger partial charge is 0.164 e. The van der Waals surface area contributed by atoms with Gasteiger partial charge in [-0.25, -0.2) is 4.39 Å². The maximum Gasteiger partial charge on any atom is 0.164 e. The summed E-state index contributed by atoms with van der Waals surface area (Å²) in [7, 11) is 0. The molecule has 2 aromatic rings. The van der Waals surface area contributed by atoms with E-state index in [1.807, 2.05) is 6.92 Å². The molecule has 1 aromatic carbocycles.